The second kappa shape index (κ2) is 8.67. The van der Waals surface area contributed by atoms with Crippen molar-refractivity contribution < 1.29 is 14.3 Å². The van der Waals surface area contributed by atoms with Gasteiger partial charge in [-0.05, 0) is 40.0 Å². The lowest BCUT2D eigenvalue weighted by Gasteiger charge is -2.09. The van der Waals surface area contributed by atoms with Crippen LogP contribution in [-0.2, 0) is 4.79 Å². The van der Waals surface area contributed by atoms with Crippen molar-refractivity contribution in [3.63, 3.8) is 0 Å². The maximum atomic E-state index is 11.9. The molecule has 0 atom stereocenters. The number of benzene rings is 1. The van der Waals surface area contributed by atoms with Crippen molar-refractivity contribution in [2.24, 2.45) is 5.92 Å². The molecule has 1 rings (SSSR count). The van der Waals surface area contributed by atoms with Gasteiger partial charge >= 0.3 is 0 Å². The van der Waals surface area contributed by atoms with E-state index in [1.54, 1.807) is 25.3 Å². The van der Waals surface area contributed by atoms with Gasteiger partial charge in [0.1, 0.15) is 5.75 Å². The van der Waals surface area contributed by atoms with Gasteiger partial charge in [0.2, 0.25) is 5.91 Å². The first-order chi connectivity index (χ1) is 9.93. The summed E-state index contributed by atoms with van der Waals surface area (Å²) in [5.41, 5.74) is 0.519. The van der Waals surface area contributed by atoms with Gasteiger partial charge in [0, 0.05) is 25.1 Å². The molecule has 0 bridgehead atoms. The van der Waals surface area contributed by atoms with Gasteiger partial charge in [-0.15, -0.1) is 0 Å². The summed E-state index contributed by atoms with van der Waals surface area (Å²) in [4.78, 5) is 23.5. The molecular weight excluding hydrogens is 336 g/mol. The minimum atomic E-state index is -0.213. The number of hydrogen-bond donors (Lipinski definition) is 2. The highest BCUT2D eigenvalue weighted by atomic mass is 79.9. The Balaban J connectivity index is 2.40. The van der Waals surface area contributed by atoms with Crippen molar-refractivity contribution in [1.29, 1.82) is 0 Å². The van der Waals surface area contributed by atoms with E-state index in [1.807, 2.05) is 13.8 Å². The molecule has 6 heteroatoms. The number of nitrogens with one attached hydrogen (secondary N) is 2. The molecule has 1 aromatic carbocycles. The van der Waals surface area contributed by atoms with Crippen molar-refractivity contribution in [2.45, 2.75) is 20.3 Å². The highest BCUT2D eigenvalue weighted by Gasteiger charge is 2.09. The largest absolute Gasteiger partial charge is 0.496 e. The van der Waals surface area contributed by atoms with Crippen molar-refractivity contribution in [1.82, 2.24) is 10.6 Å². The fourth-order valence-corrected chi connectivity index (χ4v) is 2.15. The molecule has 0 aromatic heterocycles. The molecule has 0 saturated carbocycles. The van der Waals surface area contributed by atoms with E-state index in [0.717, 1.165) is 0 Å². The minimum Gasteiger partial charge on any atom is -0.496 e. The first-order valence-electron chi connectivity index (χ1n) is 6.82. The molecule has 1 aromatic rings. The van der Waals surface area contributed by atoms with Crippen LogP contribution in [0.25, 0.3) is 0 Å². The molecule has 0 unspecified atom stereocenters. The lowest BCUT2D eigenvalue weighted by molar-refractivity contribution is -0.121. The first kappa shape index (κ1) is 17.5. The summed E-state index contributed by atoms with van der Waals surface area (Å²) in [6.07, 6.45) is 0.274. The number of ether oxygens (including phenoxy) is 1. The molecular formula is C15H21BrN2O3. The number of carbonyl (C=O) groups is 2. The summed E-state index contributed by atoms with van der Waals surface area (Å²) >= 11 is 3.33. The van der Waals surface area contributed by atoms with Crippen molar-refractivity contribution in [3.05, 3.63) is 28.2 Å². The molecule has 0 heterocycles. The first-order valence-corrected chi connectivity index (χ1v) is 7.61. The molecule has 116 valence electrons. The van der Waals surface area contributed by atoms with Gasteiger partial charge < -0.3 is 15.4 Å². The second-order valence-corrected chi connectivity index (χ2v) is 5.91. The number of amides is 2. The topological polar surface area (TPSA) is 67.4 Å². The van der Waals surface area contributed by atoms with E-state index in [1.165, 1.54) is 0 Å². The molecule has 5 nitrogen and oxygen atoms in total. The maximum Gasteiger partial charge on any atom is 0.251 e. The number of halogens is 1. The third kappa shape index (κ3) is 6.16. The van der Waals surface area contributed by atoms with E-state index >= 15 is 0 Å². The van der Waals surface area contributed by atoms with Gasteiger partial charge in [-0.1, -0.05) is 13.8 Å². The standard InChI is InChI=1S/C15H21BrN2O3/c1-10(2)9-18-14(19)6-7-17-15(20)11-4-5-13(21-3)12(16)8-11/h4-5,8,10H,6-7,9H2,1-3H3,(H,17,20)(H,18,19). The van der Waals surface area contributed by atoms with E-state index in [-0.39, 0.29) is 18.2 Å². The Morgan fingerprint density at radius 1 is 1.29 bits per heavy atom. The second-order valence-electron chi connectivity index (χ2n) is 5.05. The average Bonchev–Trinajstić information content (AvgIpc) is 2.44. The Morgan fingerprint density at radius 2 is 2.00 bits per heavy atom. The van der Waals surface area contributed by atoms with E-state index in [9.17, 15) is 9.59 Å². The minimum absolute atomic E-state index is 0.0556. The highest BCUT2D eigenvalue weighted by Crippen LogP contribution is 2.25. The molecule has 0 saturated heterocycles. The Labute approximate surface area is 133 Å². The zero-order chi connectivity index (χ0) is 15.8. The molecule has 21 heavy (non-hydrogen) atoms. The van der Waals surface area contributed by atoms with Gasteiger partial charge in [-0.2, -0.15) is 0 Å². The monoisotopic (exact) mass is 356 g/mol. The van der Waals surface area contributed by atoms with Crippen LogP contribution in [0.5, 0.6) is 5.75 Å². The summed E-state index contributed by atoms with van der Waals surface area (Å²) in [5, 5.41) is 5.53. The van der Waals surface area contributed by atoms with Crippen LogP contribution in [0.4, 0.5) is 0 Å². The van der Waals surface area contributed by atoms with Crippen LogP contribution in [0, 0.1) is 5.92 Å². The Hall–Kier alpha value is -1.56. The predicted octanol–water partition coefficient (Wildman–Crippen LogP) is 2.35. The quantitative estimate of drug-likeness (QED) is 0.787. The third-order valence-corrected chi connectivity index (χ3v) is 3.38. The van der Waals surface area contributed by atoms with E-state index in [2.05, 4.69) is 26.6 Å². The van der Waals surface area contributed by atoms with Gasteiger partial charge in [-0.25, -0.2) is 0 Å². The molecule has 2 amide bonds. The zero-order valence-electron chi connectivity index (χ0n) is 12.5. The molecule has 0 spiro atoms. The lowest BCUT2D eigenvalue weighted by atomic mass is 10.2. The number of hydrogen-bond acceptors (Lipinski definition) is 3. The SMILES string of the molecule is COc1ccc(C(=O)NCCC(=O)NCC(C)C)cc1Br. The predicted molar refractivity (Wildman–Crippen MR) is 85.5 cm³/mol. The van der Waals surface area contributed by atoms with Gasteiger partial charge in [0.25, 0.3) is 5.91 Å². The van der Waals surface area contributed by atoms with E-state index in [4.69, 9.17) is 4.74 Å². The zero-order valence-corrected chi connectivity index (χ0v) is 14.1. The lowest BCUT2D eigenvalue weighted by Crippen LogP contribution is -2.32. The van der Waals surface area contributed by atoms with Crippen LogP contribution in [0.15, 0.2) is 22.7 Å². The molecule has 2 N–H and O–H groups in total. The van der Waals surface area contributed by atoms with Crippen LogP contribution < -0.4 is 15.4 Å². The summed E-state index contributed by atoms with van der Waals surface area (Å²) < 4.78 is 5.82. The normalized spacial score (nSPS) is 10.3. The number of carbonyl (C=O) groups excluding carboxylic acids is 2. The van der Waals surface area contributed by atoms with Crippen LogP contribution in [0.2, 0.25) is 0 Å². The van der Waals surface area contributed by atoms with E-state index in [0.29, 0.717) is 34.8 Å². The van der Waals surface area contributed by atoms with Crippen LogP contribution >= 0.6 is 15.9 Å². The summed E-state index contributed by atoms with van der Waals surface area (Å²) in [5.74, 6) is 0.815. The molecule has 0 fully saturated rings. The van der Waals surface area contributed by atoms with Crippen molar-refractivity contribution in [3.8, 4) is 5.75 Å². The van der Waals surface area contributed by atoms with E-state index < -0.39 is 0 Å². The molecule has 0 aliphatic carbocycles. The average molecular weight is 357 g/mol. The van der Waals surface area contributed by atoms with Crippen LogP contribution in [0.1, 0.15) is 30.6 Å². The third-order valence-electron chi connectivity index (χ3n) is 2.76. The summed E-state index contributed by atoms with van der Waals surface area (Å²) in [6.45, 7) is 5.03. The Morgan fingerprint density at radius 3 is 2.57 bits per heavy atom. The van der Waals surface area contributed by atoms with Crippen molar-refractivity contribution in [2.75, 3.05) is 20.2 Å². The number of rotatable bonds is 7. The van der Waals surface area contributed by atoms with Crippen LogP contribution in [-0.4, -0.2) is 32.0 Å². The number of methoxy groups -OCH3 is 1. The molecule has 0 aliphatic heterocycles. The Bertz CT molecular complexity index is 504. The maximum absolute atomic E-state index is 11.9. The van der Waals surface area contributed by atoms with Gasteiger partial charge in [0.15, 0.2) is 0 Å². The van der Waals surface area contributed by atoms with Gasteiger partial charge in [0.05, 0.1) is 11.6 Å². The highest BCUT2D eigenvalue weighted by molar-refractivity contribution is 9.10. The fourth-order valence-electron chi connectivity index (χ4n) is 1.61. The summed E-state index contributed by atoms with van der Waals surface area (Å²) in [6, 6.07) is 5.08. The smallest absolute Gasteiger partial charge is 0.251 e. The van der Waals surface area contributed by atoms with Gasteiger partial charge in [-0.3, -0.25) is 9.59 Å². The van der Waals surface area contributed by atoms with Crippen LogP contribution in [0.3, 0.4) is 0 Å². The molecule has 0 aliphatic rings. The van der Waals surface area contributed by atoms with Crippen molar-refractivity contribution >= 4 is 27.7 Å². The molecule has 0 radical (unpaired) electrons. The Kier molecular flexibility index (Phi) is 7.22. The fraction of sp³-hybridized carbons (Fsp3) is 0.467. The summed E-state index contributed by atoms with van der Waals surface area (Å²) in [7, 11) is 1.57.